The van der Waals surface area contributed by atoms with E-state index in [4.69, 9.17) is 9.47 Å². The molecule has 0 bridgehead atoms. The Morgan fingerprint density at radius 2 is 1.97 bits per heavy atom. The zero-order valence-corrected chi connectivity index (χ0v) is 18.5. The smallest absolute Gasteiger partial charge is 0.341 e. The number of hydrogen-bond donors (Lipinski definition) is 1. The van der Waals surface area contributed by atoms with Gasteiger partial charge in [0.25, 0.3) is 5.91 Å². The number of halogens is 1. The van der Waals surface area contributed by atoms with Crippen molar-refractivity contribution in [1.82, 2.24) is 4.90 Å². The second-order valence-corrected chi connectivity index (χ2v) is 8.00. The average molecular weight is 439 g/mol. The molecule has 158 valence electrons. The maximum atomic E-state index is 12.6. The minimum Gasteiger partial charge on any atom is -0.484 e. The minimum absolute atomic E-state index is 0. The summed E-state index contributed by atoms with van der Waals surface area (Å²) in [5.41, 5.74) is 1.50. The van der Waals surface area contributed by atoms with Crippen LogP contribution in [-0.2, 0) is 22.5 Å². The van der Waals surface area contributed by atoms with E-state index < -0.39 is 0 Å². The number of amides is 1. The second-order valence-electron chi connectivity index (χ2n) is 6.89. The first-order valence-electron chi connectivity index (χ1n) is 9.53. The van der Waals surface area contributed by atoms with Crippen LogP contribution in [0.5, 0.6) is 5.75 Å². The Morgan fingerprint density at radius 1 is 1.24 bits per heavy atom. The second kappa shape index (κ2) is 10.6. The highest BCUT2D eigenvalue weighted by Gasteiger charge is 2.30. The predicted molar refractivity (Wildman–Crippen MR) is 117 cm³/mol. The van der Waals surface area contributed by atoms with Gasteiger partial charge in [0.15, 0.2) is 6.61 Å². The molecule has 29 heavy (non-hydrogen) atoms. The van der Waals surface area contributed by atoms with Crippen molar-refractivity contribution in [3.63, 3.8) is 0 Å². The molecule has 1 amide bonds. The van der Waals surface area contributed by atoms with Gasteiger partial charge in [-0.3, -0.25) is 9.69 Å². The van der Waals surface area contributed by atoms with Crippen molar-refractivity contribution in [2.45, 2.75) is 39.8 Å². The first-order chi connectivity index (χ1) is 13.5. The first-order valence-corrected chi connectivity index (χ1v) is 10.3. The van der Waals surface area contributed by atoms with Crippen LogP contribution in [-0.4, -0.2) is 42.6 Å². The summed E-state index contributed by atoms with van der Waals surface area (Å²) in [6.07, 6.45) is 0.772. The van der Waals surface area contributed by atoms with Crippen LogP contribution in [0.3, 0.4) is 0 Å². The summed E-state index contributed by atoms with van der Waals surface area (Å²) in [5.74, 6) is -0.0488. The van der Waals surface area contributed by atoms with Gasteiger partial charge in [-0.25, -0.2) is 4.79 Å². The molecule has 3 rings (SSSR count). The van der Waals surface area contributed by atoms with Crippen LogP contribution in [0.2, 0.25) is 0 Å². The summed E-state index contributed by atoms with van der Waals surface area (Å²) in [6, 6.07) is 9.59. The molecule has 1 aliphatic heterocycles. The molecule has 0 atom stereocenters. The van der Waals surface area contributed by atoms with E-state index in [0.717, 1.165) is 30.0 Å². The Labute approximate surface area is 181 Å². The first kappa shape index (κ1) is 23.2. The number of nitrogens with zero attached hydrogens (tertiary/aromatic N) is 1. The highest BCUT2D eigenvalue weighted by Crippen LogP contribution is 2.38. The molecule has 8 heteroatoms. The van der Waals surface area contributed by atoms with E-state index >= 15 is 0 Å². The van der Waals surface area contributed by atoms with Gasteiger partial charge in [-0.05, 0) is 44.9 Å². The molecule has 1 N–H and O–H groups in total. The van der Waals surface area contributed by atoms with Crippen molar-refractivity contribution in [2.24, 2.45) is 0 Å². The number of anilines is 1. The number of para-hydroxylation sites is 1. The Kier molecular flexibility index (Phi) is 8.49. The quantitative estimate of drug-likeness (QED) is 0.658. The van der Waals surface area contributed by atoms with Crippen molar-refractivity contribution in [2.75, 3.05) is 25.1 Å². The van der Waals surface area contributed by atoms with Gasteiger partial charge in [0.1, 0.15) is 10.8 Å². The Bertz CT molecular complexity index is 839. The Balaban J connectivity index is 0.00000300. The fraction of sp³-hybridized carbons (Fsp3) is 0.429. The normalized spacial score (nSPS) is 13.4. The van der Waals surface area contributed by atoms with E-state index in [1.807, 2.05) is 18.2 Å². The van der Waals surface area contributed by atoms with E-state index in [1.54, 1.807) is 19.1 Å². The maximum Gasteiger partial charge on any atom is 0.341 e. The van der Waals surface area contributed by atoms with Gasteiger partial charge in [0, 0.05) is 24.0 Å². The van der Waals surface area contributed by atoms with E-state index in [-0.39, 0.29) is 30.9 Å². The van der Waals surface area contributed by atoms with Crippen LogP contribution in [0, 0.1) is 0 Å². The van der Waals surface area contributed by atoms with Crippen molar-refractivity contribution in [3.05, 3.63) is 46.3 Å². The lowest BCUT2D eigenvalue weighted by Crippen LogP contribution is -2.35. The molecule has 0 aliphatic carbocycles. The molecule has 0 spiro atoms. The van der Waals surface area contributed by atoms with Crippen molar-refractivity contribution in [1.29, 1.82) is 0 Å². The van der Waals surface area contributed by atoms with Gasteiger partial charge >= 0.3 is 5.97 Å². The van der Waals surface area contributed by atoms with E-state index in [2.05, 4.69) is 24.1 Å². The summed E-state index contributed by atoms with van der Waals surface area (Å²) in [6.45, 7) is 7.95. The molecule has 6 nitrogen and oxygen atoms in total. The fourth-order valence-corrected chi connectivity index (χ4v) is 4.48. The number of hydrogen-bond acceptors (Lipinski definition) is 6. The third-order valence-electron chi connectivity index (χ3n) is 4.66. The Hall–Kier alpha value is -2.09. The van der Waals surface area contributed by atoms with E-state index in [9.17, 15) is 9.59 Å². The maximum absolute atomic E-state index is 12.6. The van der Waals surface area contributed by atoms with Crippen LogP contribution in [0.4, 0.5) is 5.00 Å². The van der Waals surface area contributed by atoms with Crippen LogP contribution >= 0.6 is 23.7 Å². The number of fused-ring (bicyclic) bond motifs is 1. The molecule has 0 radical (unpaired) electrons. The lowest BCUT2D eigenvalue weighted by atomic mass is 10.0. The molecule has 0 saturated heterocycles. The van der Waals surface area contributed by atoms with Crippen LogP contribution in [0.15, 0.2) is 30.3 Å². The number of rotatable bonds is 7. The summed E-state index contributed by atoms with van der Waals surface area (Å²) in [7, 11) is 0. The van der Waals surface area contributed by atoms with Gasteiger partial charge in [-0.15, -0.1) is 23.7 Å². The largest absolute Gasteiger partial charge is 0.484 e. The minimum atomic E-state index is -0.378. The lowest BCUT2D eigenvalue weighted by molar-refractivity contribution is -0.118. The molecule has 0 saturated carbocycles. The topological polar surface area (TPSA) is 67.9 Å². The number of esters is 1. The highest BCUT2D eigenvalue weighted by atomic mass is 35.5. The van der Waals surface area contributed by atoms with Gasteiger partial charge in [-0.2, -0.15) is 0 Å². The summed E-state index contributed by atoms with van der Waals surface area (Å²) in [5, 5.41) is 3.41. The van der Waals surface area contributed by atoms with Gasteiger partial charge in [0.2, 0.25) is 0 Å². The lowest BCUT2D eigenvalue weighted by Gasteiger charge is -2.30. The number of carbonyl (C=O) groups excluding carboxylic acids is 2. The van der Waals surface area contributed by atoms with Crippen LogP contribution in [0.1, 0.15) is 41.6 Å². The third kappa shape index (κ3) is 5.72. The highest BCUT2D eigenvalue weighted by molar-refractivity contribution is 7.17. The van der Waals surface area contributed by atoms with Crippen molar-refractivity contribution in [3.8, 4) is 5.75 Å². The molecule has 1 aromatic heterocycles. The molecular weight excluding hydrogens is 412 g/mol. The molecular formula is C21H27ClN2O4S. The Morgan fingerprint density at radius 3 is 2.62 bits per heavy atom. The fourth-order valence-electron chi connectivity index (χ4n) is 3.20. The average Bonchev–Trinajstić information content (AvgIpc) is 3.04. The standard InChI is InChI=1S/C21H26N2O4S.ClH/c1-4-26-21(25)19-16-10-11-23(14(2)3)12-17(16)28-20(19)22-18(24)13-27-15-8-6-5-7-9-15;/h5-9,14H,4,10-13H2,1-3H3,(H,22,24);1H. The molecule has 2 heterocycles. The zero-order valence-electron chi connectivity index (χ0n) is 16.9. The predicted octanol–water partition coefficient (Wildman–Crippen LogP) is 4.13. The number of benzene rings is 1. The molecule has 1 aromatic carbocycles. The summed E-state index contributed by atoms with van der Waals surface area (Å²) < 4.78 is 10.8. The number of carbonyl (C=O) groups is 2. The zero-order chi connectivity index (χ0) is 20.1. The van der Waals surface area contributed by atoms with Gasteiger partial charge in [-0.1, -0.05) is 18.2 Å². The van der Waals surface area contributed by atoms with Gasteiger partial charge in [0.05, 0.1) is 12.2 Å². The monoisotopic (exact) mass is 438 g/mol. The molecule has 0 fully saturated rings. The molecule has 1 aliphatic rings. The summed E-state index contributed by atoms with van der Waals surface area (Å²) in [4.78, 5) is 28.4. The number of nitrogens with one attached hydrogen (secondary N) is 1. The number of thiophene rings is 1. The molecule has 2 aromatic rings. The number of ether oxygens (including phenoxy) is 2. The van der Waals surface area contributed by atoms with E-state index in [1.165, 1.54) is 11.3 Å². The molecule has 0 unspecified atom stereocenters. The SMILES string of the molecule is CCOC(=O)c1c(NC(=O)COc2ccccc2)sc2c1CCN(C(C)C)C2.Cl. The van der Waals surface area contributed by atoms with Crippen molar-refractivity contribution < 1.29 is 19.1 Å². The summed E-state index contributed by atoms with van der Waals surface area (Å²) >= 11 is 1.46. The van der Waals surface area contributed by atoms with Gasteiger partial charge < -0.3 is 14.8 Å². The van der Waals surface area contributed by atoms with E-state index in [0.29, 0.717) is 29.0 Å². The van der Waals surface area contributed by atoms with Crippen LogP contribution in [0.25, 0.3) is 0 Å². The van der Waals surface area contributed by atoms with Crippen LogP contribution < -0.4 is 10.1 Å². The third-order valence-corrected chi connectivity index (χ3v) is 5.79. The van der Waals surface area contributed by atoms with Crippen molar-refractivity contribution >= 4 is 40.6 Å².